The highest BCUT2D eigenvalue weighted by Gasteiger charge is 2.24. The van der Waals surface area contributed by atoms with E-state index in [1.165, 1.54) is 14.2 Å². The minimum absolute atomic E-state index is 0.462. The Morgan fingerprint density at radius 1 is 1.17 bits per heavy atom. The summed E-state index contributed by atoms with van der Waals surface area (Å²) in [6.07, 6.45) is 0.462. The molecule has 0 aliphatic heterocycles. The molecular formula is C7H19NO3P+. The summed E-state index contributed by atoms with van der Waals surface area (Å²) >= 11 is 0. The molecule has 0 saturated carbocycles. The molecule has 0 radical (unpaired) electrons. The monoisotopic (exact) mass is 196 g/mol. The molecule has 0 spiro atoms. The summed E-state index contributed by atoms with van der Waals surface area (Å²) < 4.78 is 21.9. The third kappa shape index (κ3) is 4.88. The van der Waals surface area contributed by atoms with Crippen molar-refractivity contribution in [2.24, 2.45) is 0 Å². The molecule has 0 aromatic carbocycles. The van der Waals surface area contributed by atoms with Crippen LogP contribution < -0.4 is 0 Å². The molecule has 0 aliphatic carbocycles. The highest BCUT2D eigenvalue weighted by atomic mass is 31.2. The standard InChI is InChI=1S/C7H19NO3P/c1-8(2,3)6-7-12(9,10-4)11-5/h6-7H2,1-5H3/q+1. The van der Waals surface area contributed by atoms with Crippen LogP contribution in [0.3, 0.4) is 0 Å². The van der Waals surface area contributed by atoms with Crippen LogP contribution in [0.1, 0.15) is 0 Å². The lowest BCUT2D eigenvalue weighted by Crippen LogP contribution is -2.37. The van der Waals surface area contributed by atoms with Gasteiger partial charge >= 0.3 is 7.60 Å². The molecule has 12 heavy (non-hydrogen) atoms. The average molecular weight is 196 g/mol. The van der Waals surface area contributed by atoms with Crippen LogP contribution in [0.5, 0.6) is 0 Å². The van der Waals surface area contributed by atoms with Crippen LogP contribution in [0.25, 0.3) is 0 Å². The van der Waals surface area contributed by atoms with Gasteiger partial charge in [-0.1, -0.05) is 0 Å². The lowest BCUT2D eigenvalue weighted by molar-refractivity contribution is -0.867. The molecule has 0 N–H and O–H groups in total. The molecule has 74 valence electrons. The van der Waals surface area contributed by atoms with Gasteiger partial charge in [0.15, 0.2) is 0 Å². The van der Waals surface area contributed by atoms with E-state index in [-0.39, 0.29) is 0 Å². The molecule has 0 bridgehead atoms. The predicted molar refractivity (Wildman–Crippen MR) is 49.4 cm³/mol. The van der Waals surface area contributed by atoms with E-state index in [1.54, 1.807) is 0 Å². The molecule has 0 aliphatic rings. The Morgan fingerprint density at radius 3 is 1.83 bits per heavy atom. The van der Waals surface area contributed by atoms with Crippen LogP contribution in [-0.2, 0) is 13.6 Å². The highest BCUT2D eigenvalue weighted by molar-refractivity contribution is 7.53. The molecule has 5 heteroatoms. The summed E-state index contributed by atoms with van der Waals surface area (Å²) in [4.78, 5) is 0. The zero-order valence-electron chi connectivity index (χ0n) is 8.53. The van der Waals surface area contributed by atoms with E-state index in [0.717, 1.165) is 11.0 Å². The molecule has 0 saturated heterocycles. The fourth-order valence-electron chi connectivity index (χ4n) is 0.680. The van der Waals surface area contributed by atoms with Crippen LogP contribution in [0.2, 0.25) is 0 Å². The molecule has 0 fully saturated rings. The zero-order valence-corrected chi connectivity index (χ0v) is 9.43. The van der Waals surface area contributed by atoms with Crippen molar-refractivity contribution in [3.8, 4) is 0 Å². The number of hydrogen-bond acceptors (Lipinski definition) is 3. The lowest BCUT2D eigenvalue weighted by atomic mass is 10.6. The van der Waals surface area contributed by atoms with Gasteiger partial charge in [-0.05, 0) is 0 Å². The van der Waals surface area contributed by atoms with Crippen molar-refractivity contribution >= 4 is 7.60 Å². The summed E-state index contributed by atoms with van der Waals surface area (Å²) in [6.45, 7) is 0.777. The minimum Gasteiger partial charge on any atom is -0.330 e. The van der Waals surface area contributed by atoms with Gasteiger partial charge in [0.05, 0.1) is 33.8 Å². The van der Waals surface area contributed by atoms with E-state index in [9.17, 15) is 4.57 Å². The summed E-state index contributed by atoms with van der Waals surface area (Å²) in [7, 11) is 6.15. The third-order valence-electron chi connectivity index (χ3n) is 1.60. The van der Waals surface area contributed by atoms with Crippen molar-refractivity contribution in [3.05, 3.63) is 0 Å². The maximum absolute atomic E-state index is 11.5. The van der Waals surface area contributed by atoms with Gasteiger partial charge in [0.1, 0.15) is 0 Å². The van der Waals surface area contributed by atoms with Crippen molar-refractivity contribution < 1.29 is 18.1 Å². The van der Waals surface area contributed by atoms with Gasteiger partial charge < -0.3 is 13.5 Å². The summed E-state index contributed by atoms with van der Waals surface area (Å²) in [5, 5.41) is 0. The van der Waals surface area contributed by atoms with E-state index in [1.807, 2.05) is 21.1 Å². The zero-order chi connectivity index (χ0) is 9.83. The van der Waals surface area contributed by atoms with Crippen molar-refractivity contribution in [2.45, 2.75) is 0 Å². The topological polar surface area (TPSA) is 35.5 Å². The molecule has 0 heterocycles. The van der Waals surface area contributed by atoms with Gasteiger partial charge in [-0.3, -0.25) is 4.57 Å². The fourth-order valence-corrected chi connectivity index (χ4v) is 2.04. The van der Waals surface area contributed by atoms with Gasteiger partial charge in [-0.15, -0.1) is 0 Å². The number of nitrogens with zero attached hydrogens (tertiary/aromatic N) is 1. The molecule has 0 unspecified atom stereocenters. The van der Waals surface area contributed by atoms with E-state index >= 15 is 0 Å². The quantitative estimate of drug-likeness (QED) is 0.489. The van der Waals surface area contributed by atoms with Gasteiger partial charge in [-0.25, -0.2) is 0 Å². The van der Waals surface area contributed by atoms with Crippen LogP contribution in [0.15, 0.2) is 0 Å². The van der Waals surface area contributed by atoms with Gasteiger partial charge in [0.2, 0.25) is 0 Å². The summed E-state index contributed by atoms with van der Waals surface area (Å²) in [5.74, 6) is 0. The SMILES string of the molecule is COP(=O)(CC[N+](C)(C)C)OC. The van der Waals surface area contributed by atoms with Crippen LogP contribution in [0, 0.1) is 0 Å². The second kappa shape index (κ2) is 4.38. The second-order valence-corrected chi connectivity index (χ2v) is 6.11. The Bertz CT molecular complexity index is 168. The van der Waals surface area contributed by atoms with Crippen LogP contribution >= 0.6 is 7.60 Å². The first-order valence-corrected chi connectivity index (χ1v) is 5.57. The predicted octanol–water partition coefficient (Wildman–Crippen LogP) is 1.18. The largest absolute Gasteiger partial charge is 0.335 e. The van der Waals surface area contributed by atoms with E-state index in [0.29, 0.717) is 6.16 Å². The van der Waals surface area contributed by atoms with Crippen LogP contribution in [-0.4, -0.2) is 52.6 Å². The summed E-state index contributed by atoms with van der Waals surface area (Å²) in [6, 6.07) is 0. The molecular weight excluding hydrogens is 177 g/mol. The van der Waals surface area contributed by atoms with Crippen molar-refractivity contribution in [3.63, 3.8) is 0 Å². The van der Waals surface area contributed by atoms with Crippen molar-refractivity contribution in [2.75, 3.05) is 48.1 Å². The molecule has 0 atom stereocenters. The van der Waals surface area contributed by atoms with Gasteiger partial charge in [0, 0.05) is 14.2 Å². The molecule has 4 nitrogen and oxygen atoms in total. The van der Waals surface area contributed by atoms with E-state index in [4.69, 9.17) is 9.05 Å². The van der Waals surface area contributed by atoms with Gasteiger partial charge in [-0.2, -0.15) is 0 Å². The average Bonchev–Trinajstić information content (AvgIpc) is 1.99. The molecule has 0 amide bonds. The highest BCUT2D eigenvalue weighted by Crippen LogP contribution is 2.45. The first-order valence-electron chi connectivity index (χ1n) is 3.84. The fraction of sp³-hybridized carbons (Fsp3) is 1.00. The van der Waals surface area contributed by atoms with E-state index < -0.39 is 7.60 Å². The molecule has 0 rings (SSSR count). The second-order valence-electron chi connectivity index (χ2n) is 3.71. The third-order valence-corrected chi connectivity index (χ3v) is 3.46. The number of quaternary nitrogens is 1. The minimum atomic E-state index is -2.79. The van der Waals surface area contributed by atoms with Crippen molar-refractivity contribution in [1.29, 1.82) is 0 Å². The Balaban J connectivity index is 3.99. The Morgan fingerprint density at radius 2 is 1.58 bits per heavy atom. The van der Waals surface area contributed by atoms with Gasteiger partial charge in [0.25, 0.3) is 0 Å². The summed E-state index contributed by atoms with van der Waals surface area (Å²) in [5.41, 5.74) is 0. The van der Waals surface area contributed by atoms with E-state index in [2.05, 4.69) is 0 Å². The Labute approximate surface area is 74.6 Å². The van der Waals surface area contributed by atoms with Crippen LogP contribution in [0.4, 0.5) is 0 Å². The smallest absolute Gasteiger partial charge is 0.330 e. The number of hydrogen-bond donors (Lipinski definition) is 0. The Hall–Kier alpha value is 0.110. The number of rotatable bonds is 5. The van der Waals surface area contributed by atoms with Crippen molar-refractivity contribution in [1.82, 2.24) is 0 Å². The molecule has 0 aromatic rings. The first-order chi connectivity index (χ1) is 5.33. The molecule has 0 aromatic heterocycles. The Kier molecular flexibility index (Phi) is 4.42. The maximum atomic E-state index is 11.5. The lowest BCUT2D eigenvalue weighted by Gasteiger charge is -2.25. The maximum Gasteiger partial charge on any atom is 0.335 e. The first kappa shape index (κ1) is 12.1. The normalized spacial score (nSPS) is 13.4.